The molecule has 0 saturated carbocycles. The number of carbonyl (C=O) groups is 2. The Morgan fingerprint density at radius 2 is 1.86 bits per heavy atom. The molecular formula is C14H16BrNO6. The predicted molar refractivity (Wildman–Crippen MR) is 81.4 cm³/mol. The molecule has 0 unspecified atom stereocenters. The number of carboxylic acid groups (broad SMARTS) is 1. The van der Waals surface area contributed by atoms with Gasteiger partial charge in [0.15, 0.2) is 6.10 Å². The van der Waals surface area contributed by atoms with Crippen molar-refractivity contribution in [1.82, 2.24) is 0 Å². The molecule has 0 spiro atoms. The van der Waals surface area contributed by atoms with Crippen molar-refractivity contribution in [3.63, 3.8) is 0 Å². The van der Waals surface area contributed by atoms with Crippen molar-refractivity contribution in [2.45, 2.75) is 25.0 Å². The van der Waals surface area contributed by atoms with E-state index in [-0.39, 0.29) is 0 Å². The van der Waals surface area contributed by atoms with Gasteiger partial charge >= 0.3 is 5.97 Å². The first-order chi connectivity index (χ1) is 10.5. The molecule has 1 amide bonds. The predicted octanol–water partition coefficient (Wildman–Crippen LogP) is 2.04. The first-order valence-electron chi connectivity index (χ1n) is 6.57. The van der Waals surface area contributed by atoms with Crippen LogP contribution in [0.4, 0.5) is 5.69 Å². The lowest BCUT2D eigenvalue weighted by molar-refractivity contribution is -0.150. The molecule has 2 atom stereocenters. The summed E-state index contributed by atoms with van der Waals surface area (Å²) in [5, 5.41) is 11.6. The molecule has 0 aromatic heterocycles. The molecule has 1 fully saturated rings. The Morgan fingerprint density at radius 1 is 1.23 bits per heavy atom. The van der Waals surface area contributed by atoms with E-state index in [0.29, 0.717) is 34.5 Å². The van der Waals surface area contributed by atoms with Crippen LogP contribution in [0.2, 0.25) is 0 Å². The first-order valence-corrected chi connectivity index (χ1v) is 7.36. The van der Waals surface area contributed by atoms with Crippen LogP contribution in [0.15, 0.2) is 16.6 Å². The van der Waals surface area contributed by atoms with Crippen molar-refractivity contribution in [1.29, 1.82) is 0 Å². The number of methoxy groups -OCH3 is 2. The van der Waals surface area contributed by atoms with Crippen LogP contribution in [0.5, 0.6) is 11.5 Å². The molecule has 0 bridgehead atoms. The molecule has 1 aromatic carbocycles. The third-order valence-electron chi connectivity index (χ3n) is 3.32. The van der Waals surface area contributed by atoms with Gasteiger partial charge < -0.3 is 24.6 Å². The zero-order chi connectivity index (χ0) is 16.3. The summed E-state index contributed by atoms with van der Waals surface area (Å²) in [7, 11) is 3.00. The molecule has 120 valence electrons. The maximum Gasteiger partial charge on any atom is 0.332 e. The third-order valence-corrected chi connectivity index (χ3v) is 3.94. The summed E-state index contributed by atoms with van der Waals surface area (Å²) in [6.07, 6.45) is -1.04. The van der Waals surface area contributed by atoms with Crippen LogP contribution in [0.25, 0.3) is 0 Å². The standard InChI is InChI=1S/C14H16BrNO6/c1-20-11-6-12(21-2)8(5-7(11)15)16-13(17)9-3-4-10(22-9)14(18)19/h5-6,9-10H,3-4H2,1-2H3,(H,16,17)(H,18,19)/t9-,10+/m0/s1. The van der Waals surface area contributed by atoms with E-state index in [1.165, 1.54) is 14.2 Å². The zero-order valence-electron chi connectivity index (χ0n) is 12.1. The quantitative estimate of drug-likeness (QED) is 0.819. The molecule has 0 aliphatic carbocycles. The number of nitrogens with one attached hydrogen (secondary N) is 1. The van der Waals surface area contributed by atoms with Gasteiger partial charge in [0, 0.05) is 6.07 Å². The summed E-state index contributed by atoms with van der Waals surface area (Å²) >= 11 is 3.33. The maximum absolute atomic E-state index is 12.2. The Bertz CT molecular complexity index is 591. The highest BCUT2D eigenvalue weighted by atomic mass is 79.9. The molecule has 1 saturated heterocycles. The Hall–Kier alpha value is -1.80. The molecule has 1 aliphatic rings. The number of rotatable bonds is 5. The van der Waals surface area contributed by atoms with E-state index in [0.717, 1.165) is 0 Å². The average molecular weight is 374 g/mol. The van der Waals surface area contributed by atoms with Crippen molar-refractivity contribution < 1.29 is 28.9 Å². The number of hydrogen-bond acceptors (Lipinski definition) is 5. The second-order valence-electron chi connectivity index (χ2n) is 4.71. The fourth-order valence-electron chi connectivity index (χ4n) is 2.18. The minimum Gasteiger partial charge on any atom is -0.495 e. The van der Waals surface area contributed by atoms with Crippen molar-refractivity contribution >= 4 is 33.5 Å². The number of carbonyl (C=O) groups excluding carboxylic acids is 1. The molecule has 1 aliphatic heterocycles. The van der Waals surface area contributed by atoms with E-state index < -0.39 is 24.1 Å². The number of ether oxygens (including phenoxy) is 3. The topological polar surface area (TPSA) is 94.1 Å². The Morgan fingerprint density at radius 3 is 2.41 bits per heavy atom. The van der Waals surface area contributed by atoms with Gasteiger partial charge in [0.1, 0.15) is 17.6 Å². The molecule has 2 N–H and O–H groups in total. The van der Waals surface area contributed by atoms with E-state index in [9.17, 15) is 9.59 Å². The highest BCUT2D eigenvalue weighted by molar-refractivity contribution is 9.10. The summed E-state index contributed by atoms with van der Waals surface area (Å²) in [6, 6.07) is 3.29. The van der Waals surface area contributed by atoms with Gasteiger partial charge in [-0.2, -0.15) is 0 Å². The number of aliphatic carboxylic acids is 1. The van der Waals surface area contributed by atoms with E-state index in [4.69, 9.17) is 19.3 Å². The van der Waals surface area contributed by atoms with Gasteiger partial charge in [-0.05, 0) is 34.8 Å². The smallest absolute Gasteiger partial charge is 0.332 e. The van der Waals surface area contributed by atoms with Crippen LogP contribution in [0.3, 0.4) is 0 Å². The van der Waals surface area contributed by atoms with Crippen LogP contribution < -0.4 is 14.8 Å². The van der Waals surface area contributed by atoms with Gasteiger partial charge in [0.25, 0.3) is 5.91 Å². The first kappa shape index (κ1) is 16.6. The number of halogens is 1. The largest absolute Gasteiger partial charge is 0.495 e. The highest BCUT2D eigenvalue weighted by Gasteiger charge is 2.35. The number of hydrogen-bond donors (Lipinski definition) is 2. The molecule has 2 rings (SSSR count). The lowest BCUT2D eigenvalue weighted by Gasteiger charge is -2.15. The van der Waals surface area contributed by atoms with Gasteiger partial charge in [-0.1, -0.05) is 0 Å². The average Bonchev–Trinajstić information content (AvgIpc) is 2.97. The van der Waals surface area contributed by atoms with Crippen LogP contribution in [0, 0.1) is 0 Å². The molecule has 1 heterocycles. The summed E-state index contributed by atoms with van der Waals surface area (Å²) in [4.78, 5) is 23.0. The van der Waals surface area contributed by atoms with Gasteiger partial charge in [-0.3, -0.25) is 4.79 Å². The number of carboxylic acids is 1. The van der Waals surface area contributed by atoms with Crippen LogP contribution in [-0.4, -0.2) is 43.4 Å². The molecule has 1 aromatic rings. The number of benzene rings is 1. The van der Waals surface area contributed by atoms with Gasteiger partial charge in [-0.15, -0.1) is 0 Å². The van der Waals surface area contributed by atoms with Crippen LogP contribution >= 0.6 is 15.9 Å². The summed E-state index contributed by atoms with van der Waals surface area (Å²) in [5.74, 6) is -0.460. The SMILES string of the molecule is COc1cc(OC)c(NC(=O)[C@@H]2CC[C@H](C(=O)O)O2)cc1Br. The van der Waals surface area contributed by atoms with E-state index in [1.54, 1.807) is 12.1 Å². The second-order valence-corrected chi connectivity index (χ2v) is 5.56. The Balaban J connectivity index is 2.12. The minimum atomic E-state index is -1.06. The summed E-state index contributed by atoms with van der Waals surface area (Å²) in [5.41, 5.74) is 0.447. The Kier molecular flexibility index (Phi) is 5.25. The third kappa shape index (κ3) is 3.50. The highest BCUT2D eigenvalue weighted by Crippen LogP contribution is 2.36. The maximum atomic E-state index is 12.2. The normalized spacial score (nSPS) is 20.5. The number of anilines is 1. The van der Waals surface area contributed by atoms with E-state index in [2.05, 4.69) is 21.2 Å². The number of amides is 1. The monoisotopic (exact) mass is 373 g/mol. The molecular weight excluding hydrogens is 358 g/mol. The van der Waals surface area contributed by atoms with Crippen LogP contribution in [-0.2, 0) is 14.3 Å². The van der Waals surface area contributed by atoms with Crippen molar-refractivity contribution in [2.75, 3.05) is 19.5 Å². The van der Waals surface area contributed by atoms with Crippen LogP contribution in [0.1, 0.15) is 12.8 Å². The van der Waals surface area contributed by atoms with E-state index in [1.807, 2.05) is 0 Å². The van der Waals surface area contributed by atoms with Gasteiger partial charge in [-0.25, -0.2) is 4.79 Å². The molecule has 8 heteroatoms. The molecule has 7 nitrogen and oxygen atoms in total. The van der Waals surface area contributed by atoms with Crippen molar-refractivity contribution in [3.05, 3.63) is 16.6 Å². The molecule has 0 radical (unpaired) electrons. The van der Waals surface area contributed by atoms with E-state index >= 15 is 0 Å². The van der Waals surface area contributed by atoms with Crippen molar-refractivity contribution in [2.24, 2.45) is 0 Å². The van der Waals surface area contributed by atoms with Gasteiger partial charge in [0.05, 0.1) is 24.4 Å². The second kappa shape index (κ2) is 6.97. The van der Waals surface area contributed by atoms with Crippen molar-refractivity contribution in [3.8, 4) is 11.5 Å². The zero-order valence-corrected chi connectivity index (χ0v) is 13.7. The fraction of sp³-hybridized carbons (Fsp3) is 0.429. The lowest BCUT2D eigenvalue weighted by Crippen LogP contribution is -2.30. The van der Waals surface area contributed by atoms with Gasteiger partial charge in [0.2, 0.25) is 0 Å². The Labute approximate surface area is 135 Å². The molecule has 22 heavy (non-hydrogen) atoms. The summed E-state index contributed by atoms with van der Waals surface area (Å²) in [6.45, 7) is 0. The fourth-order valence-corrected chi connectivity index (χ4v) is 2.69. The minimum absolute atomic E-state index is 0.316. The lowest BCUT2D eigenvalue weighted by atomic mass is 10.2. The summed E-state index contributed by atoms with van der Waals surface area (Å²) < 4.78 is 16.2.